The van der Waals surface area contributed by atoms with Crippen molar-refractivity contribution in [3.8, 4) is 11.3 Å². The normalized spacial score (nSPS) is 11.1. The molecule has 0 amide bonds. The summed E-state index contributed by atoms with van der Waals surface area (Å²) in [4.78, 5) is 12.5. The maximum absolute atomic E-state index is 14.3. The second-order valence-electron chi connectivity index (χ2n) is 5.09. The van der Waals surface area contributed by atoms with Crippen molar-refractivity contribution in [1.29, 1.82) is 0 Å². The Morgan fingerprint density at radius 3 is 2.57 bits per heavy atom. The highest BCUT2D eigenvalue weighted by Gasteiger charge is 2.15. The first-order chi connectivity index (χ1) is 11.1. The molecular formula is C17H13Cl2FN2O. The molecule has 0 aliphatic heterocycles. The molecule has 0 bridgehead atoms. The molecule has 0 fully saturated rings. The molecule has 6 heteroatoms. The van der Waals surface area contributed by atoms with E-state index in [1.165, 1.54) is 10.7 Å². The zero-order valence-corrected chi connectivity index (χ0v) is 13.6. The van der Waals surface area contributed by atoms with Crippen LogP contribution in [0.5, 0.6) is 0 Å². The number of aryl methyl sites for hydroxylation is 1. The van der Waals surface area contributed by atoms with E-state index < -0.39 is 5.82 Å². The third-order valence-electron chi connectivity index (χ3n) is 3.56. The van der Waals surface area contributed by atoms with Gasteiger partial charge in [-0.1, -0.05) is 29.8 Å². The SMILES string of the molecule is O=c1c2ccccc2c(-c2ccc(Cl)cc2F)nn1CCCCl. The van der Waals surface area contributed by atoms with E-state index in [1.54, 1.807) is 36.4 Å². The van der Waals surface area contributed by atoms with E-state index in [0.717, 1.165) is 0 Å². The molecule has 0 atom stereocenters. The fourth-order valence-corrected chi connectivity index (χ4v) is 2.75. The molecule has 1 heterocycles. The molecule has 0 saturated carbocycles. The number of hydrogen-bond donors (Lipinski definition) is 0. The maximum atomic E-state index is 14.3. The topological polar surface area (TPSA) is 34.9 Å². The lowest BCUT2D eigenvalue weighted by atomic mass is 10.0. The van der Waals surface area contributed by atoms with Gasteiger partial charge in [0.2, 0.25) is 0 Å². The zero-order chi connectivity index (χ0) is 16.4. The molecular weight excluding hydrogens is 338 g/mol. The number of nitrogens with zero attached hydrogens (tertiary/aromatic N) is 2. The number of rotatable bonds is 4. The Kier molecular flexibility index (Phi) is 4.64. The third-order valence-corrected chi connectivity index (χ3v) is 4.06. The van der Waals surface area contributed by atoms with Gasteiger partial charge in [-0.15, -0.1) is 11.6 Å². The molecule has 0 aliphatic rings. The van der Waals surface area contributed by atoms with Crippen molar-refractivity contribution in [3.05, 3.63) is 63.7 Å². The lowest BCUT2D eigenvalue weighted by Gasteiger charge is -2.11. The van der Waals surface area contributed by atoms with Gasteiger partial charge in [0.15, 0.2) is 0 Å². The Hall–Kier alpha value is -1.91. The number of alkyl halides is 1. The van der Waals surface area contributed by atoms with Gasteiger partial charge in [-0.2, -0.15) is 5.10 Å². The first kappa shape index (κ1) is 16.0. The van der Waals surface area contributed by atoms with Crippen LogP contribution in [0.25, 0.3) is 22.0 Å². The van der Waals surface area contributed by atoms with E-state index in [4.69, 9.17) is 23.2 Å². The van der Waals surface area contributed by atoms with Crippen LogP contribution in [-0.4, -0.2) is 15.7 Å². The van der Waals surface area contributed by atoms with Crippen molar-refractivity contribution in [2.24, 2.45) is 0 Å². The van der Waals surface area contributed by atoms with Gasteiger partial charge in [0.25, 0.3) is 5.56 Å². The lowest BCUT2D eigenvalue weighted by molar-refractivity contribution is 0.576. The van der Waals surface area contributed by atoms with E-state index >= 15 is 0 Å². The summed E-state index contributed by atoms with van der Waals surface area (Å²) < 4.78 is 15.7. The minimum absolute atomic E-state index is 0.205. The smallest absolute Gasteiger partial charge is 0.267 e. The molecule has 23 heavy (non-hydrogen) atoms. The van der Waals surface area contributed by atoms with Crippen molar-refractivity contribution >= 4 is 34.0 Å². The summed E-state index contributed by atoms with van der Waals surface area (Å²) in [5, 5.41) is 5.79. The summed E-state index contributed by atoms with van der Waals surface area (Å²) in [5.74, 6) is -0.0521. The van der Waals surface area contributed by atoms with Gasteiger partial charge < -0.3 is 0 Å². The summed E-state index contributed by atoms with van der Waals surface area (Å²) in [6.45, 7) is 0.384. The van der Waals surface area contributed by atoms with Crippen LogP contribution in [0.2, 0.25) is 5.02 Å². The van der Waals surface area contributed by atoms with Crippen LogP contribution in [0.3, 0.4) is 0 Å². The van der Waals surface area contributed by atoms with Crippen LogP contribution < -0.4 is 5.56 Å². The summed E-state index contributed by atoms with van der Waals surface area (Å²) in [5.41, 5.74) is 0.526. The van der Waals surface area contributed by atoms with Crippen LogP contribution in [0.4, 0.5) is 4.39 Å². The number of halogens is 3. The number of benzene rings is 2. The van der Waals surface area contributed by atoms with E-state index in [0.29, 0.717) is 45.9 Å². The second-order valence-corrected chi connectivity index (χ2v) is 5.90. The predicted octanol–water partition coefficient (Wildman–Crippen LogP) is 4.48. The van der Waals surface area contributed by atoms with Gasteiger partial charge in [0.05, 0.1) is 5.39 Å². The van der Waals surface area contributed by atoms with Gasteiger partial charge in [0, 0.05) is 28.4 Å². The van der Waals surface area contributed by atoms with E-state index in [-0.39, 0.29) is 5.56 Å². The zero-order valence-electron chi connectivity index (χ0n) is 12.1. The number of hydrogen-bond acceptors (Lipinski definition) is 2. The van der Waals surface area contributed by atoms with E-state index in [9.17, 15) is 9.18 Å². The quantitative estimate of drug-likeness (QED) is 0.650. The monoisotopic (exact) mass is 350 g/mol. The first-order valence-corrected chi connectivity index (χ1v) is 8.04. The van der Waals surface area contributed by atoms with Gasteiger partial charge in [-0.05, 0) is 30.7 Å². The molecule has 0 saturated heterocycles. The fraction of sp³-hybridized carbons (Fsp3) is 0.176. The third kappa shape index (κ3) is 3.09. The van der Waals surface area contributed by atoms with Crippen molar-refractivity contribution in [2.45, 2.75) is 13.0 Å². The Balaban J connectivity index is 2.30. The van der Waals surface area contributed by atoms with Crippen LogP contribution in [-0.2, 0) is 6.54 Å². The minimum Gasteiger partial charge on any atom is -0.267 e. The Labute approximate surface area is 142 Å². The van der Waals surface area contributed by atoms with Crippen LogP contribution >= 0.6 is 23.2 Å². The molecule has 0 unspecified atom stereocenters. The van der Waals surface area contributed by atoms with Crippen molar-refractivity contribution < 1.29 is 4.39 Å². The highest BCUT2D eigenvalue weighted by molar-refractivity contribution is 6.30. The maximum Gasteiger partial charge on any atom is 0.274 e. The van der Waals surface area contributed by atoms with Crippen LogP contribution in [0, 0.1) is 5.82 Å². The highest BCUT2D eigenvalue weighted by atomic mass is 35.5. The Morgan fingerprint density at radius 1 is 1.13 bits per heavy atom. The van der Waals surface area contributed by atoms with E-state index in [2.05, 4.69) is 5.10 Å². The van der Waals surface area contributed by atoms with Crippen molar-refractivity contribution in [1.82, 2.24) is 9.78 Å². The molecule has 0 spiro atoms. The molecule has 3 rings (SSSR count). The van der Waals surface area contributed by atoms with Gasteiger partial charge in [-0.3, -0.25) is 4.79 Å². The molecule has 2 aromatic carbocycles. The first-order valence-electron chi connectivity index (χ1n) is 7.13. The van der Waals surface area contributed by atoms with Crippen molar-refractivity contribution in [3.63, 3.8) is 0 Å². The average molecular weight is 351 g/mol. The summed E-state index contributed by atoms with van der Waals surface area (Å²) >= 11 is 11.5. The number of aromatic nitrogens is 2. The highest BCUT2D eigenvalue weighted by Crippen LogP contribution is 2.28. The second kappa shape index (κ2) is 6.69. The van der Waals surface area contributed by atoms with Crippen LogP contribution in [0.1, 0.15) is 6.42 Å². The van der Waals surface area contributed by atoms with Crippen LogP contribution in [0.15, 0.2) is 47.3 Å². The molecule has 3 aromatic rings. The molecule has 1 aromatic heterocycles. The van der Waals surface area contributed by atoms with Gasteiger partial charge in [0.1, 0.15) is 11.5 Å². The molecule has 0 N–H and O–H groups in total. The van der Waals surface area contributed by atoms with Gasteiger partial charge in [-0.25, -0.2) is 9.07 Å². The molecule has 0 radical (unpaired) electrons. The molecule has 0 aliphatic carbocycles. The summed E-state index contributed by atoms with van der Waals surface area (Å²) in [7, 11) is 0. The average Bonchev–Trinajstić information content (AvgIpc) is 2.55. The Bertz CT molecular complexity index is 924. The van der Waals surface area contributed by atoms with E-state index in [1.807, 2.05) is 0 Å². The number of fused-ring (bicyclic) bond motifs is 1. The lowest BCUT2D eigenvalue weighted by Crippen LogP contribution is -2.24. The summed E-state index contributed by atoms with van der Waals surface area (Å²) in [6, 6.07) is 11.5. The largest absolute Gasteiger partial charge is 0.274 e. The van der Waals surface area contributed by atoms with Crippen molar-refractivity contribution in [2.75, 3.05) is 5.88 Å². The summed E-state index contributed by atoms with van der Waals surface area (Å²) in [6.07, 6.45) is 0.606. The molecule has 3 nitrogen and oxygen atoms in total. The standard InChI is InChI=1S/C17H13Cl2FN2O/c18-8-3-9-22-17(23)13-5-2-1-4-12(13)16(21-22)14-7-6-11(19)10-15(14)20/h1-2,4-7,10H,3,8-9H2. The predicted molar refractivity (Wildman–Crippen MR) is 91.7 cm³/mol. The molecule has 118 valence electrons. The van der Waals surface area contributed by atoms with Gasteiger partial charge >= 0.3 is 0 Å². The Morgan fingerprint density at radius 2 is 1.87 bits per heavy atom. The fourth-order valence-electron chi connectivity index (χ4n) is 2.48. The minimum atomic E-state index is -0.474.